The predicted molar refractivity (Wildman–Crippen MR) is 100 cm³/mol. The van der Waals surface area contributed by atoms with Crippen molar-refractivity contribution in [3.8, 4) is 11.5 Å². The summed E-state index contributed by atoms with van der Waals surface area (Å²) in [5, 5.41) is 11.4. The van der Waals surface area contributed by atoms with Crippen molar-refractivity contribution < 1.29 is 18.8 Å². The van der Waals surface area contributed by atoms with Gasteiger partial charge >= 0.3 is 5.63 Å². The number of fused-ring (bicyclic) bond motifs is 1. The lowest BCUT2D eigenvalue weighted by Crippen LogP contribution is -2.05. The molecule has 0 spiro atoms. The van der Waals surface area contributed by atoms with Crippen molar-refractivity contribution in [2.75, 3.05) is 7.11 Å². The largest absolute Gasteiger partial charge is 0.493 e. The average molecular weight is 367 g/mol. The van der Waals surface area contributed by atoms with Crippen molar-refractivity contribution in [1.82, 2.24) is 0 Å². The zero-order valence-electron chi connectivity index (χ0n) is 14.6. The first-order valence-corrected chi connectivity index (χ1v) is 8.13. The van der Waals surface area contributed by atoms with Crippen molar-refractivity contribution in [2.45, 2.75) is 13.0 Å². The fraction of sp³-hybridized carbons (Fsp3) is 0.150. The molecule has 0 N–H and O–H groups in total. The summed E-state index contributed by atoms with van der Waals surface area (Å²) in [7, 11) is 1.51. The van der Waals surface area contributed by atoms with Gasteiger partial charge in [-0.1, -0.05) is 6.08 Å². The molecule has 0 saturated carbocycles. The lowest BCUT2D eigenvalue weighted by atomic mass is 10.0. The Labute approximate surface area is 154 Å². The van der Waals surface area contributed by atoms with Crippen LogP contribution in [0.5, 0.6) is 11.5 Å². The van der Waals surface area contributed by atoms with Crippen molar-refractivity contribution in [2.24, 2.45) is 0 Å². The summed E-state index contributed by atoms with van der Waals surface area (Å²) in [6.07, 6.45) is 2.40. The van der Waals surface area contributed by atoms with Gasteiger partial charge in [0.05, 0.1) is 12.0 Å². The van der Waals surface area contributed by atoms with Crippen LogP contribution >= 0.6 is 0 Å². The summed E-state index contributed by atoms with van der Waals surface area (Å²) in [6.45, 7) is 3.83. The molecule has 3 rings (SSSR count). The molecule has 0 amide bonds. The van der Waals surface area contributed by atoms with Crippen LogP contribution in [0.1, 0.15) is 11.1 Å². The highest BCUT2D eigenvalue weighted by atomic mass is 16.6. The number of nitrogens with zero attached hydrogens (tertiary/aromatic N) is 1. The summed E-state index contributed by atoms with van der Waals surface area (Å²) in [5.41, 5.74) is 1.40. The Balaban J connectivity index is 1.97. The predicted octanol–water partition coefficient (Wildman–Crippen LogP) is 4.02. The molecule has 0 radical (unpaired) electrons. The van der Waals surface area contributed by atoms with Crippen molar-refractivity contribution in [3.63, 3.8) is 0 Å². The number of benzene rings is 2. The third kappa shape index (κ3) is 3.98. The third-order valence-electron chi connectivity index (χ3n) is 4.00. The van der Waals surface area contributed by atoms with E-state index in [-0.39, 0.29) is 12.3 Å². The second-order valence-electron chi connectivity index (χ2n) is 5.80. The maximum absolute atomic E-state index is 11.9. The molecule has 0 saturated heterocycles. The molecule has 0 bridgehead atoms. The maximum Gasteiger partial charge on any atom is 0.336 e. The number of hydrogen-bond donors (Lipinski definition) is 0. The van der Waals surface area contributed by atoms with E-state index < -0.39 is 10.5 Å². The summed E-state index contributed by atoms with van der Waals surface area (Å²) in [5.74, 6) is 0.912. The number of non-ortho nitro benzene ring substituents is 1. The minimum atomic E-state index is -0.514. The van der Waals surface area contributed by atoms with Gasteiger partial charge in [0.2, 0.25) is 0 Å². The first-order chi connectivity index (χ1) is 13.0. The minimum absolute atomic E-state index is 0.0213. The van der Waals surface area contributed by atoms with Gasteiger partial charge < -0.3 is 13.9 Å². The van der Waals surface area contributed by atoms with E-state index in [2.05, 4.69) is 6.58 Å². The van der Waals surface area contributed by atoms with Gasteiger partial charge in [-0.3, -0.25) is 10.1 Å². The van der Waals surface area contributed by atoms with E-state index in [0.717, 1.165) is 5.56 Å². The number of methoxy groups -OCH3 is 1. The number of ether oxygens (including phenoxy) is 2. The molecule has 0 aliphatic rings. The monoisotopic (exact) mass is 367 g/mol. The Morgan fingerprint density at radius 3 is 2.59 bits per heavy atom. The van der Waals surface area contributed by atoms with Gasteiger partial charge in [-0.05, 0) is 36.2 Å². The quantitative estimate of drug-likeness (QED) is 0.271. The van der Waals surface area contributed by atoms with Crippen LogP contribution in [0, 0.1) is 10.1 Å². The van der Waals surface area contributed by atoms with E-state index in [1.807, 2.05) is 6.07 Å². The lowest BCUT2D eigenvalue weighted by molar-refractivity contribution is -0.384. The second kappa shape index (κ2) is 7.74. The minimum Gasteiger partial charge on any atom is -0.493 e. The van der Waals surface area contributed by atoms with Gasteiger partial charge in [-0.2, -0.15) is 0 Å². The highest BCUT2D eigenvalue weighted by molar-refractivity contribution is 5.86. The van der Waals surface area contributed by atoms with E-state index in [0.29, 0.717) is 34.5 Å². The Bertz CT molecular complexity index is 1050. The van der Waals surface area contributed by atoms with E-state index in [1.54, 1.807) is 12.1 Å². The zero-order valence-corrected chi connectivity index (χ0v) is 14.6. The molecule has 0 fully saturated rings. The van der Waals surface area contributed by atoms with E-state index in [1.165, 1.54) is 37.4 Å². The zero-order chi connectivity index (χ0) is 19.4. The van der Waals surface area contributed by atoms with Crippen LogP contribution in [-0.2, 0) is 13.0 Å². The topological polar surface area (TPSA) is 91.8 Å². The Hall–Kier alpha value is -3.61. The highest BCUT2D eigenvalue weighted by Crippen LogP contribution is 2.30. The fourth-order valence-corrected chi connectivity index (χ4v) is 2.73. The van der Waals surface area contributed by atoms with Crippen LogP contribution in [0.3, 0.4) is 0 Å². The summed E-state index contributed by atoms with van der Waals surface area (Å²) >= 11 is 0. The number of rotatable bonds is 7. The first kappa shape index (κ1) is 18.2. The number of nitro benzene ring substituents is 1. The van der Waals surface area contributed by atoms with Gasteiger partial charge in [-0.25, -0.2) is 4.79 Å². The van der Waals surface area contributed by atoms with E-state index in [9.17, 15) is 14.9 Å². The molecule has 138 valence electrons. The number of nitro groups is 1. The Morgan fingerprint density at radius 2 is 1.96 bits per heavy atom. The number of allylic oxidation sites excluding steroid dienone is 1. The molecule has 0 aliphatic carbocycles. The van der Waals surface area contributed by atoms with Crippen LogP contribution in [0.4, 0.5) is 5.69 Å². The van der Waals surface area contributed by atoms with Gasteiger partial charge in [-0.15, -0.1) is 6.58 Å². The molecule has 27 heavy (non-hydrogen) atoms. The van der Waals surface area contributed by atoms with Gasteiger partial charge in [0.25, 0.3) is 5.69 Å². The van der Waals surface area contributed by atoms with Gasteiger partial charge in [0.15, 0.2) is 11.3 Å². The average Bonchev–Trinajstić information content (AvgIpc) is 2.66. The maximum atomic E-state index is 11.9. The van der Waals surface area contributed by atoms with Gasteiger partial charge in [0.1, 0.15) is 12.4 Å². The Kier molecular flexibility index (Phi) is 5.21. The first-order valence-electron chi connectivity index (χ1n) is 8.13. The molecule has 1 heterocycles. The fourth-order valence-electron chi connectivity index (χ4n) is 2.73. The highest BCUT2D eigenvalue weighted by Gasteiger charge is 2.13. The van der Waals surface area contributed by atoms with E-state index in [4.69, 9.17) is 13.9 Å². The molecule has 2 aromatic carbocycles. The van der Waals surface area contributed by atoms with Crippen LogP contribution in [0.25, 0.3) is 11.0 Å². The Morgan fingerprint density at radius 1 is 1.22 bits per heavy atom. The van der Waals surface area contributed by atoms with Crippen LogP contribution in [0.2, 0.25) is 0 Å². The summed E-state index contributed by atoms with van der Waals surface area (Å²) < 4.78 is 16.4. The SMILES string of the molecule is C=CCc1cc(OC)c2oc(=O)cc(COc3ccc([N+](=O)[O-])cc3)c2c1. The van der Waals surface area contributed by atoms with Crippen molar-refractivity contribution in [1.29, 1.82) is 0 Å². The number of hydrogen-bond acceptors (Lipinski definition) is 6. The molecule has 1 aromatic heterocycles. The van der Waals surface area contributed by atoms with E-state index >= 15 is 0 Å². The molecule has 0 aliphatic heterocycles. The molecule has 3 aromatic rings. The summed E-state index contributed by atoms with van der Waals surface area (Å²) in [6, 6.07) is 10.8. The van der Waals surface area contributed by atoms with Crippen LogP contribution in [0.15, 0.2) is 64.3 Å². The molecule has 0 unspecified atom stereocenters. The molecular formula is C20H17NO6. The molecular weight excluding hydrogens is 350 g/mol. The van der Waals surface area contributed by atoms with Crippen LogP contribution < -0.4 is 15.1 Å². The molecule has 7 nitrogen and oxygen atoms in total. The third-order valence-corrected chi connectivity index (χ3v) is 4.00. The summed E-state index contributed by atoms with van der Waals surface area (Å²) in [4.78, 5) is 22.2. The van der Waals surface area contributed by atoms with Crippen molar-refractivity contribution in [3.05, 3.63) is 86.8 Å². The lowest BCUT2D eigenvalue weighted by Gasteiger charge is -2.11. The van der Waals surface area contributed by atoms with Gasteiger partial charge in [0, 0.05) is 29.1 Å². The smallest absolute Gasteiger partial charge is 0.336 e. The second-order valence-corrected chi connectivity index (χ2v) is 5.80. The van der Waals surface area contributed by atoms with Crippen LogP contribution in [-0.4, -0.2) is 12.0 Å². The molecule has 7 heteroatoms. The molecule has 0 atom stereocenters. The van der Waals surface area contributed by atoms with Crippen molar-refractivity contribution >= 4 is 16.7 Å². The standard InChI is InChI=1S/C20H17NO6/c1-3-4-13-9-17-14(11-19(22)27-20(17)18(10-13)25-2)12-26-16-7-5-15(6-8-16)21(23)24/h3,5-11H,1,4,12H2,2H3. The normalized spacial score (nSPS) is 10.6.